The molecule has 0 aliphatic rings. The summed E-state index contributed by atoms with van der Waals surface area (Å²) in [7, 11) is 0. The summed E-state index contributed by atoms with van der Waals surface area (Å²) in [5.74, 6) is 6.22. The Balaban J connectivity index is 3.57. The maximum absolute atomic E-state index is 5.47. The smallest absolute Gasteiger partial charge is 0.157 e. The third kappa shape index (κ3) is 11.7. The zero-order chi connectivity index (χ0) is 13.5. The van der Waals surface area contributed by atoms with Crippen molar-refractivity contribution in [1.29, 1.82) is 0 Å². The first kappa shape index (κ1) is 17.2. The molecule has 0 heterocycles. The first-order valence-corrected chi connectivity index (χ1v) is 7.21. The molecular weight excluding hydrogens is 224 g/mol. The molecule has 0 rings (SSSR count). The van der Waals surface area contributed by atoms with Crippen LogP contribution in [0.25, 0.3) is 0 Å². The van der Waals surface area contributed by atoms with E-state index >= 15 is 0 Å². The summed E-state index contributed by atoms with van der Waals surface area (Å²) < 4.78 is 10.9. The number of allylic oxidation sites excluding steroid dienone is 2. The SMILES string of the molecule is CCCC/C=C/C#CCCCC(OCC)OCC. The molecule has 18 heavy (non-hydrogen) atoms. The van der Waals surface area contributed by atoms with Gasteiger partial charge in [-0.3, -0.25) is 0 Å². The van der Waals surface area contributed by atoms with Crippen LogP contribution in [-0.2, 0) is 9.47 Å². The van der Waals surface area contributed by atoms with Gasteiger partial charge in [-0.1, -0.05) is 37.7 Å². The van der Waals surface area contributed by atoms with E-state index in [4.69, 9.17) is 9.47 Å². The monoisotopic (exact) mass is 252 g/mol. The molecule has 0 aliphatic carbocycles. The van der Waals surface area contributed by atoms with E-state index in [2.05, 4.69) is 24.8 Å². The first-order valence-electron chi connectivity index (χ1n) is 7.21. The number of hydrogen-bond donors (Lipinski definition) is 0. The van der Waals surface area contributed by atoms with Crippen molar-refractivity contribution in [2.24, 2.45) is 0 Å². The van der Waals surface area contributed by atoms with Gasteiger partial charge in [-0.25, -0.2) is 0 Å². The second kappa shape index (κ2) is 14.3. The molecule has 0 saturated heterocycles. The lowest BCUT2D eigenvalue weighted by Gasteiger charge is -2.15. The van der Waals surface area contributed by atoms with Crippen molar-refractivity contribution in [2.75, 3.05) is 13.2 Å². The summed E-state index contributed by atoms with van der Waals surface area (Å²) >= 11 is 0. The van der Waals surface area contributed by atoms with Gasteiger partial charge < -0.3 is 9.47 Å². The van der Waals surface area contributed by atoms with Crippen LogP contribution in [0.1, 0.15) is 59.3 Å². The summed E-state index contributed by atoms with van der Waals surface area (Å²) in [5, 5.41) is 0. The van der Waals surface area contributed by atoms with E-state index in [-0.39, 0.29) is 6.29 Å². The Kier molecular flexibility index (Phi) is 13.7. The van der Waals surface area contributed by atoms with Crippen molar-refractivity contribution < 1.29 is 9.47 Å². The van der Waals surface area contributed by atoms with Crippen LogP contribution in [0, 0.1) is 11.8 Å². The zero-order valence-corrected chi connectivity index (χ0v) is 12.2. The maximum Gasteiger partial charge on any atom is 0.157 e. The summed E-state index contributed by atoms with van der Waals surface area (Å²) in [6.45, 7) is 7.60. The predicted molar refractivity (Wildman–Crippen MR) is 77.3 cm³/mol. The molecule has 0 bridgehead atoms. The molecule has 2 heteroatoms. The number of unbranched alkanes of at least 4 members (excludes halogenated alkanes) is 3. The topological polar surface area (TPSA) is 18.5 Å². The quantitative estimate of drug-likeness (QED) is 0.328. The third-order valence-electron chi connectivity index (χ3n) is 2.47. The van der Waals surface area contributed by atoms with Crippen LogP contribution in [0.2, 0.25) is 0 Å². The minimum atomic E-state index is -0.0538. The van der Waals surface area contributed by atoms with E-state index in [1.165, 1.54) is 12.8 Å². The first-order chi connectivity index (χ1) is 8.85. The Morgan fingerprint density at radius 3 is 2.39 bits per heavy atom. The lowest BCUT2D eigenvalue weighted by molar-refractivity contribution is -0.139. The molecule has 0 fully saturated rings. The fraction of sp³-hybridized carbons (Fsp3) is 0.750. The van der Waals surface area contributed by atoms with Gasteiger partial charge in [0.15, 0.2) is 6.29 Å². The summed E-state index contributed by atoms with van der Waals surface area (Å²) in [5.41, 5.74) is 0. The van der Waals surface area contributed by atoms with E-state index in [9.17, 15) is 0 Å². The Morgan fingerprint density at radius 1 is 1.06 bits per heavy atom. The number of ether oxygens (including phenoxy) is 2. The van der Waals surface area contributed by atoms with E-state index in [0.29, 0.717) is 13.2 Å². The van der Waals surface area contributed by atoms with Gasteiger partial charge in [0.25, 0.3) is 0 Å². The van der Waals surface area contributed by atoms with Crippen molar-refractivity contribution in [2.45, 2.75) is 65.6 Å². The Morgan fingerprint density at radius 2 is 1.78 bits per heavy atom. The second-order valence-corrected chi connectivity index (χ2v) is 4.10. The minimum Gasteiger partial charge on any atom is -0.353 e. The van der Waals surface area contributed by atoms with E-state index in [0.717, 1.165) is 25.7 Å². The Hall–Kier alpha value is -0.780. The molecule has 0 unspecified atom stereocenters. The predicted octanol–water partition coefficient (Wildman–Crippen LogP) is 4.31. The number of hydrogen-bond acceptors (Lipinski definition) is 2. The van der Waals surface area contributed by atoms with Crippen LogP contribution in [0.15, 0.2) is 12.2 Å². The molecule has 2 nitrogen and oxygen atoms in total. The van der Waals surface area contributed by atoms with Crippen LogP contribution >= 0.6 is 0 Å². The van der Waals surface area contributed by atoms with Gasteiger partial charge in [0.1, 0.15) is 0 Å². The molecule has 0 N–H and O–H groups in total. The molecule has 0 aromatic rings. The average molecular weight is 252 g/mol. The van der Waals surface area contributed by atoms with E-state index in [1.54, 1.807) is 0 Å². The highest BCUT2D eigenvalue weighted by Gasteiger charge is 2.05. The Bertz CT molecular complexity index is 242. The van der Waals surface area contributed by atoms with Gasteiger partial charge >= 0.3 is 0 Å². The highest BCUT2D eigenvalue weighted by atomic mass is 16.7. The molecular formula is C16H28O2. The summed E-state index contributed by atoms with van der Waals surface area (Å²) in [4.78, 5) is 0. The van der Waals surface area contributed by atoms with Gasteiger partial charge in [-0.15, -0.1) is 0 Å². The van der Waals surface area contributed by atoms with Gasteiger partial charge in [-0.05, 0) is 39.2 Å². The van der Waals surface area contributed by atoms with Gasteiger partial charge in [0.05, 0.1) is 0 Å². The van der Waals surface area contributed by atoms with Gasteiger partial charge in [-0.2, -0.15) is 0 Å². The van der Waals surface area contributed by atoms with Gasteiger partial charge in [0, 0.05) is 19.6 Å². The van der Waals surface area contributed by atoms with Crippen molar-refractivity contribution >= 4 is 0 Å². The average Bonchev–Trinajstić information content (AvgIpc) is 2.37. The lowest BCUT2D eigenvalue weighted by Crippen LogP contribution is -2.16. The van der Waals surface area contributed by atoms with Crippen LogP contribution in [0.5, 0.6) is 0 Å². The molecule has 104 valence electrons. The lowest BCUT2D eigenvalue weighted by atomic mass is 10.2. The van der Waals surface area contributed by atoms with Crippen molar-refractivity contribution in [3.8, 4) is 11.8 Å². The standard InChI is InChI=1S/C16H28O2/c1-4-7-8-9-10-11-12-13-14-15-16(17-5-2)18-6-3/h9-10,16H,4-8,13-15H2,1-3H3/b10-9+. The Labute approximate surface area is 113 Å². The molecule has 0 amide bonds. The van der Waals surface area contributed by atoms with Gasteiger partial charge in [0.2, 0.25) is 0 Å². The highest BCUT2D eigenvalue weighted by Crippen LogP contribution is 2.06. The molecule has 0 spiro atoms. The molecule has 0 aliphatic heterocycles. The van der Waals surface area contributed by atoms with Crippen molar-refractivity contribution in [3.63, 3.8) is 0 Å². The van der Waals surface area contributed by atoms with Crippen LogP contribution in [0.4, 0.5) is 0 Å². The third-order valence-corrected chi connectivity index (χ3v) is 2.47. The molecule has 0 saturated carbocycles. The van der Waals surface area contributed by atoms with Crippen LogP contribution < -0.4 is 0 Å². The van der Waals surface area contributed by atoms with Crippen LogP contribution in [0.3, 0.4) is 0 Å². The summed E-state index contributed by atoms with van der Waals surface area (Å²) in [6.07, 6.45) is 10.6. The van der Waals surface area contributed by atoms with E-state index in [1.807, 2.05) is 19.9 Å². The normalized spacial score (nSPS) is 10.9. The molecule has 0 atom stereocenters. The van der Waals surface area contributed by atoms with Crippen molar-refractivity contribution in [1.82, 2.24) is 0 Å². The van der Waals surface area contributed by atoms with E-state index < -0.39 is 0 Å². The van der Waals surface area contributed by atoms with Crippen molar-refractivity contribution in [3.05, 3.63) is 12.2 Å². The zero-order valence-electron chi connectivity index (χ0n) is 12.2. The fourth-order valence-electron chi connectivity index (χ4n) is 1.54. The number of rotatable bonds is 10. The molecule has 0 aromatic heterocycles. The maximum atomic E-state index is 5.47. The largest absolute Gasteiger partial charge is 0.353 e. The molecule has 0 aromatic carbocycles. The second-order valence-electron chi connectivity index (χ2n) is 4.10. The molecule has 0 radical (unpaired) electrons. The minimum absolute atomic E-state index is 0.0538. The van der Waals surface area contributed by atoms with Crippen LogP contribution in [-0.4, -0.2) is 19.5 Å². The highest BCUT2D eigenvalue weighted by molar-refractivity contribution is 5.14. The fourth-order valence-corrected chi connectivity index (χ4v) is 1.54. The summed E-state index contributed by atoms with van der Waals surface area (Å²) in [6, 6.07) is 0.